The first kappa shape index (κ1) is 18.9. The van der Waals surface area contributed by atoms with Crippen molar-refractivity contribution in [2.75, 3.05) is 5.32 Å². The minimum atomic E-state index is -0.242. The average molecular weight is 472 g/mol. The van der Waals surface area contributed by atoms with E-state index in [1.807, 2.05) is 48.5 Å². The van der Waals surface area contributed by atoms with E-state index in [9.17, 15) is 4.79 Å². The van der Waals surface area contributed by atoms with Crippen LogP contribution in [0, 0.1) is 0 Å². The highest BCUT2D eigenvalue weighted by molar-refractivity contribution is 9.10. The number of carbonyl (C=O) groups excluding carboxylic acids is 1. The maximum absolute atomic E-state index is 13.1. The second kappa shape index (κ2) is 7.92. The highest BCUT2D eigenvalue weighted by Gasteiger charge is 2.15. The summed E-state index contributed by atoms with van der Waals surface area (Å²) in [6, 6.07) is 22.2. The van der Waals surface area contributed by atoms with Crippen LogP contribution in [0.4, 0.5) is 5.69 Å². The molecule has 3 nitrogen and oxygen atoms in total. The number of amides is 1. The summed E-state index contributed by atoms with van der Waals surface area (Å²) in [5, 5.41) is 4.49. The second-order valence-corrected chi connectivity index (χ2v) is 7.90. The van der Waals surface area contributed by atoms with E-state index in [2.05, 4.69) is 21.2 Å². The fourth-order valence-corrected chi connectivity index (χ4v) is 3.63. The summed E-state index contributed by atoms with van der Waals surface area (Å²) in [6.07, 6.45) is 0. The van der Waals surface area contributed by atoms with Crippen molar-refractivity contribution in [2.45, 2.75) is 0 Å². The molecule has 0 bridgehead atoms. The van der Waals surface area contributed by atoms with Crippen molar-refractivity contribution in [3.63, 3.8) is 0 Å². The Morgan fingerprint density at radius 2 is 1.71 bits per heavy atom. The van der Waals surface area contributed by atoms with Gasteiger partial charge in [0.05, 0.1) is 26.8 Å². The summed E-state index contributed by atoms with van der Waals surface area (Å²) in [5.74, 6) is -0.242. The van der Waals surface area contributed by atoms with Crippen molar-refractivity contribution in [1.82, 2.24) is 4.98 Å². The second-order valence-electron chi connectivity index (χ2n) is 6.17. The SMILES string of the molecule is O=C(Nc1ccc(Cl)c(Cl)c1)c1cc(-c2cccc(Br)c2)nc2ccccc12. The van der Waals surface area contributed by atoms with Gasteiger partial charge in [0.1, 0.15) is 0 Å². The van der Waals surface area contributed by atoms with Crippen LogP contribution in [0.15, 0.2) is 77.3 Å². The predicted molar refractivity (Wildman–Crippen MR) is 119 cm³/mol. The van der Waals surface area contributed by atoms with Crippen LogP contribution >= 0.6 is 39.1 Å². The van der Waals surface area contributed by atoms with E-state index in [1.165, 1.54) is 0 Å². The molecule has 0 unspecified atom stereocenters. The van der Waals surface area contributed by atoms with Gasteiger partial charge >= 0.3 is 0 Å². The number of para-hydroxylation sites is 1. The van der Waals surface area contributed by atoms with Gasteiger partial charge in [0.2, 0.25) is 0 Å². The first-order valence-electron chi connectivity index (χ1n) is 8.43. The summed E-state index contributed by atoms with van der Waals surface area (Å²) < 4.78 is 0.946. The van der Waals surface area contributed by atoms with Crippen molar-refractivity contribution in [3.05, 3.63) is 92.9 Å². The number of aromatic nitrogens is 1. The summed E-state index contributed by atoms with van der Waals surface area (Å²) in [6.45, 7) is 0. The predicted octanol–water partition coefficient (Wildman–Crippen LogP) is 7.22. The van der Waals surface area contributed by atoms with Crippen LogP contribution in [-0.4, -0.2) is 10.9 Å². The van der Waals surface area contributed by atoms with Gasteiger partial charge in [-0.15, -0.1) is 0 Å². The van der Waals surface area contributed by atoms with Crippen molar-refractivity contribution in [2.24, 2.45) is 0 Å². The van der Waals surface area contributed by atoms with Crippen LogP contribution in [0.3, 0.4) is 0 Å². The van der Waals surface area contributed by atoms with Crippen molar-refractivity contribution >= 4 is 61.6 Å². The molecule has 0 atom stereocenters. The zero-order chi connectivity index (χ0) is 19.7. The summed E-state index contributed by atoms with van der Waals surface area (Å²) in [4.78, 5) is 17.8. The zero-order valence-corrected chi connectivity index (χ0v) is 17.5. The number of pyridine rings is 1. The Bertz CT molecular complexity index is 1210. The Labute approximate surface area is 180 Å². The average Bonchev–Trinajstić information content (AvgIpc) is 2.70. The molecule has 0 radical (unpaired) electrons. The maximum atomic E-state index is 13.1. The third-order valence-corrected chi connectivity index (χ3v) is 5.49. The Morgan fingerprint density at radius 1 is 0.893 bits per heavy atom. The molecule has 1 amide bonds. The molecule has 1 N–H and O–H groups in total. The fraction of sp³-hybridized carbons (Fsp3) is 0. The largest absolute Gasteiger partial charge is 0.322 e. The molecule has 0 aliphatic heterocycles. The standard InChI is InChI=1S/C22H13BrCl2N2O/c23-14-5-3-4-13(10-14)21-12-17(16-6-1-2-7-20(16)27-21)22(28)26-15-8-9-18(24)19(25)11-15/h1-12H,(H,26,28). The van der Waals surface area contributed by atoms with Gasteiger partial charge in [0.25, 0.3) is 5.91 Å². The molecule has 1 aromatic heterocycles. The number of rotatable bonds is 3. The number of carbonyl (C=O) groups is 1. The Morgan fingerprint density at radius 3 is 2.50 bits per heavy atom. The first-order valence-corrected chi connectivity index (χ1v) is 9.98. The van der Waals surface area contributed by atoms with E-state index in [0.717, 1.165) is 26.6 Å². The molecule has 0 saturated carbocycles. The number of hydrogen-bond donors (Lipinski definition) is 1. The summed E-state index contributed by atoms with van der Waals surface area (Å²) >= 11 is 15.5. The first-order chi connectivity index (χ1) is 13.5. The van der Waals surface area contributed by atoms with E-state index in [1.54, 1.807) is 24.3 Å². The number of hydrogen-bond acceptors (Lipinski definition) is 2. The molecular formula is C22H13BrCl2N2O. The summed E-state index contributed by atoms with van der Waals surface area (Å²) in [7, 11) is 0. The number of anilines is 1. The monoisotopic (exact) mass is 470 g/mol. The van der Waals surface area contributed by atoms with Gasteiger partial charge in [-0.25, -0.2) is 4.98 Å². The van der Waals surface area contributed by atoms with E-state index >= 15 is 0 Å². The maximum Gasteiger partial charge on any atom is 0.256 e. The molecule has 0 fully saturated rings. The van der Waals surface area contributed by atoms with Crippen LogP contribution in [0.25, 0.3) is 22.2 Å². The van der Waals surface area contributed by atoms with E-state index in [0.29, 0.717) is 21.3 Å². The van der Waals surface area contributed by atoms with Gasteiger partial charge in [-0.1, -0.05) is 69.5 Å². The minimum absolute atomic E-state index is 0.242. The molecule has 0 spiro atoms. The zero-order valence-electron chi connectivity index (χ0n) is 14.4. The van der Waals surface area contributed by atoms with Crippen LogP contribution < -0.4 is 5.32 Å². The molecule has 0 saturated heterocycles. The van der Waals surface area contributed by atoms with Gasteiger partial charge in [-0.05, 0) is 42.5 Å². The Hall–Kier alpha value is -2.40. The molecule has 4 rings (SSSR count). The molecule has 138 valence electrons. The Balaban J connectivity index is 1.80. The van der Waals surface area contributed by atoms with Gasteiger partial charge in [-0.2, -0.15) is 0 Å². The quantitative estimate of drug-likeness (QED) is 0.342. The Kier molecular flexibility index (Phi) is 5.36. The van der Waals surface area contributed by atoms with Crippen LogP contribution in [0.1, 0.15) is 10.4 Å². The van der Waals surface area contributed by atoms with Gasteiger partial charge in [-0.3, -0.25) is 4.79 Å². The van der Waals surface area contributed by atoms with Gasteiger partial charge < -0.3 is 5.32 Å². The molecule has 0 aliphatic carbocycles. The summed E-state index contributed by atoms with van der Waals surface area (Å²) in [5.41, 5.74) is 3.50. The van der Waals surface area contributed by atoms with E-state index < -0.39 is 0 Å². The minimum Gasteiger partial charge on any atom is -0.322 e. The lowest BCUT2D eigenvalue weighted by Gasteiger charge is -2.11. The highest BCUT2D eigenvalue weighted by Crippen LogP contribution is 2.29. The lowest BCUT2D eigenvalue weighted by Crippen LogP contribution is -2.13. The van der Waals surface area contributed by atoms with Crippen LogP contribution in [0.5, 0.6) is 0 Å². The van der Waals surface area contributed by atoms with E-state index in [4.69, 9.17) is 28.2 Å². The fourth-order valence-electron chi connectivity index (χ4n) is 2.93. The topological polar surface area (TPSA) is 42.0 Å². The molecule has 28 heavy (non-hydrogen) atoms. The number of nitrogens with one attached hydrogen (secondary N) is 1. The van der Waals surface area contributed by atoms with Crippen LogP contribution in [0.2, 0.25) is 10.0 Å². The third kappa shape index (κ3) is 3.90. The molecule has 4 aromatic rings. The molecule has 6 heteroatoms. The lowest BCUT2D eigenvalue weighted by molar-refractivity contribution is 0.102. The molecule has 3 aromatic carbocycles. The molecule has 1 heterocycles. The highest BCUT2D eigenvalue weighted by atomic mass is 79.9. The van der Waals surface area contributed by atoms with E-state index in [-0.39, 0.29) is 5.91 Å². The number of nitrogens with zero attached hydrogens (tertiary/aromatic N) is 1. The van der Waals surface area contributed by atoms with Gasteiger partial charge in [0.15, 0.2) is 0 Å². The van der Waals surface area contributed by atoms with Crippen molar-refractivity contribution in [1.29, 1.82) is 0 Å². The number of halogens is 3. The number of fused-ring (bicyclic) bond motifs is 1. The molecular weight excluding hydrogens is 459 g/mol. The normalized spacial score (nSPS) is 10.8. The van der Waals surface area contributed by atoms with Crippen LogP contribution in [-0.2, 0) is 0 Å². The van der Waals surface area contributed by atoms with Gasteiger partial charge in [0, 0.05) is 21.1 Å². The van der Waals surface area contributed by atoms with Crippen molar-refractivity contribution in [3.8, 4) is 11.3 Å². The molecule has 0 aliphatic rings. The third-order valence-electron chi connectivity index (χ3n) is 4.26. The number of benzene rings is 3. The smallest absolute Gasteiger partial charge is 0.256 e. The lowest BCUT2D eigenvalue weighted by atomic mass is 10.0. The van der Waals surface area contributed by atoms with Crippen molar-refractivity contribution < 1.29 is 4.79 Å².